The van der Waals surface area contributed by atoms with Crippen LogP contribution in [-0.4, -0.2) is 23.8 Å². The number of carbonyl (C=O) groups excluding carboxylic acids is 3. The van der Waals surface area contributed by atoms with Crippen molar-refractivity contribution in [3.63, 3.8) is 0 Å². The number of benzene rings is 2. The van der Waals surface area contributed by atoms with Crippen LogP contribution in [0, 0.1) is 0 Å². The summed E-state index contributed by atoms with van der Waals surface area (Å²) in [6.07, 6.45) is -0.331. The van der Waals surface area contributed by atoms with E-state index in [2.05, 4.69) is 21.2 Å². The molecule has 6 nitrogen and oxygen atoms in total. The Morgan fingerprint density at radius 2 is 1.80 bits per heavy atom. The molecule has 0 aliphatic heterocycles. The molecule has 0 aliphatic rings. The molecule has 2 rings (SSSR count). The lowest BCUT2D eigenvalue weighted by Crippen LogP contribution is -2.45. The van der Waals surface area contributed by atoms with Crippen molar-refractivity contribution in [1.82, 2.24) is 5.32 Å². The first-order valence-electron chi connectivity index (χ1n) is 7.51. The summed E-state index contributed by atoms with van der Waals surface area (Å²) in [5, 5.41) is 2.45. The fraction of sp³-hybridized carbons (Fsp3) is 0.167. The maximum atomic E-state index is 12.2. The predicted molar refractivity (Wildman–Crippen MR) is 95.4 cm³/mol. The molecule has 0 radical (unpaired) electrons. The van der Waals surface area contributed by atoms with Gasteiger partial charge in [-0.15, -0.1) is 0 Å². The molecule has 0 saturated carbocycles. The highest BCUT2D eigenvalue weighted by Gasteiger charge is 2.23. The Bertz CT molecular complexity index is 765. The van der Waals surface area contributed by atoms with Crippen LogP contribution in [0.15, 0.2) is 59.1 Å². The molecule has 0 fully saturated rings. The fourth-order valence-electron chi connectivity index (χ4n) is 2.06. The first kappa shape index (κ1) is 18.7. The van der Waals surface area contributed by atoms with Crippen molar-refractivity contribution in [2.75, 3.05) is 0 Å². The van der Waals surface area contributed by atoms with Gasteiger partial charge in [-0.05, 0) is 23.8 Å². The largest absolute Gasteiger partial charge is 0.461 e. The third-order valence-corrected chi connectivity index (χ3v) is 3.84. The molecule has 0 heterocycles. The standard InChI is InChI=1S/C18H17BrN2O4/c19-14-8-4-7-13(9-14)18(24)21-15(17(20)23)10-16(22)25-11-12-5-2-1-3-6-12/h1-9,15H,10-11H2,(H2,20,23)(H,21,24)/t15-/m1/s1. The second-order valence-electron chi connectivity index (χ2n) is 5.29. The van der Waals surface area contributed by atoms with Crippen molar-refractivity contribution in [2.45, 2.75) is 19.1 Å². The van der Waals surface area contributed by atoms with E-state index in [1.54, 1.807) is 24.3 Å². The Morgan fingerprint density at radius 3 is 2.44 bits per heavy atom. The Morgan fingerprint density at radius 1 is 1.08 bits per heavy atom. The Labute approximate surface area is 153 Å². The summed E-state index contributed by atoms with van der Waals surface area (Å²) in [6, 6.07) is 14.6. The van der Waals surface area contributed by atoms with E-state index in [1.807, 2.05) is 30.3 Å². The molecule has 2 aromatic carbocycles. The first-order chi connectivity index (χ1) is 12.0. The van der Waals surface area contributed by atoms with Crippen molar-refractivity contribution in [2.24, 2.45) is 5.73 Å². The third kappa shape index (κ3) is 6.04. The average molecular weight is 405 g/mol. The second kappa shape index (κ2) is 8.98. The van der Waals surface area contributed by atoms with Crippen LogP contribution in [0.25, 0.3) is 0 Å². The van der Waals surface area contributed by atoms with E-state index in [-0.39, 0.29) is 13.0 Å². The van der Waals surface area contributed by atoms with Gasteiger partial charge in [0, 0.05) is 10.0 Å². The summed E-state index contributed by atoms with van der Waals surface area (Å²) in [4.78, 5) is 35.6. The number of nitrogens with two attached hydrogens (primary N) is 1. The smallest absolute Gasteiger partial charge is 0.308 e. The topological polar surface area (TPSA) is 98.5 Å². The molecule has 7 heteroatoms. The Hall–Kier alpha value is -2.67. The van der Waals surface area contributed by atoms with Crippen LogP contribution in [0.2, 0.25) is 0 Å². The average Bonchev–Trinajstić information content (AvgIpc) is 2.60. The summed E-state index contributed by atoms with van der Waals surface area (Å²) >= 11 is 3.26. The molecule has 25 heavy (non-hydrogen) atoms. The van der Waals surface area contributed by atoms with Gasteiger partial charge in [0.2, 0.25) is 5.91 Å². The molecule has 1 atom stereocenters. The number of halogens is 1. The minimum Gasteiger partial charge on any atom is -0.461 e. The maximum absolute atomic E-state index is 12.2. The lowest BCUT2D eigenvalue weighted by atomic mass is 10.1. The summed E-state index contributed by atoms with van der Waals surface area (Å²) in [5.41, 5.74) is 6.45. The van der Waals surface area contributed by atoms with Crippen molar-refractivity contribution in [3.8, 4) is 0 Å². The highest BCUT2D eigenvalue weighted by Crippen LogP contribution is 2.12. The molecule has 0 bridgehead atoms. The van der Waals surface area contributed by atoms with Gasteiger partial charge in [0.25, 0.3) is 5.91 Å². The van der Waals surface area contributed by atoms with Crippen molar-refractivity contribution in [3.05, 3.63) is 70.2 Å². The molecule has 0 aromatic heterocycles. The van der Waals surface area contributed by atoms with Crippen LogP contribution in [0.4, 0.5) is 0 Å². The molecule has 0 unspecified atom stereocenters. The van der Waals surface area contributed by atoms with Crippen LogP contribution in [-0.2, 0) is 20.9 Å². The summed E-state index contributed by atoms with van der Waals surface area (Å²) in [7, 11) is 0. The van der Waals surface area contributed by atoms with E-state index in [1.165, 1.54) is 0 Å². The number of esters is 1. The number of nitrogens with one attached hydrogen (secondary N) is 1. The van der Waals surface area contributed by atoms with Crippen LogP contribution < -0.4 is 11.1 Å². The number of amides is 2. The van der Waals surface area contributed by atoms with E-state index in [0.29, 0.717) is 5.56 Å². The number of carbonyl (C=O) groups is 3. The number of hydrogen-bond acceptors (Lipinski definition) is 4. The highest BCUT2D eigenvalue weighted by atomic mass is 79.9. The Balaban J connectivity index is 1.92. The van der Waals surface area contributed by atoms with Gasteiger partial charge in [-0.3, -0.25) is 14.4 Å². The molecule has 130 valence electrons. The van der Waals surface area contributed by atoms with Gasteiger partial charge in [0.1, 0.15) is 12.6 Å². The monoisotopic (exact) mass is 404 g/mol. The number of hydrogen-bond donors (Lipinski definition) is 2. The van der Waals surface area contributed by atoms with Crippen LogP contribution in [0.5, 0.6) is 0 Å². The zero-order valence-electron chi connectivity index (χ0n) is 13.3. The molecular weight excluding hydrogens is 388 g/mol. The van der Waals surface area contributed by atoms with Crippen molar-refractivity contribution >= 4 is 33.7 Å². The van der Waals surface area contributed by atoms with Crippen molar-refractivity contribution < 1.29 is 19.1 Å². The molecule has 3 N–H and O–H groups in total. The van der Waals surface area contributed by atoms with Gasteiger partial charge in [-0.2, -0.15) is 0 Å². The minimum absolute atomic E-state index is 0.0880. The second-order valence-corrected chi connectivity index (χ2v) is 6.20. The minimum atomic E-state index is -1.14. The zero-order chi connectivity index (χ0) is 18.2. The number of primary amides is 1. The molecule has 0 spiro atoms. The molecule has 0 saturated heterocycles. The molecule has 2 aromatic rings. The van der Waals surface area contributed by atoms with E-state index in [0.717, 1.165) is 10.0 Å². The van der Waals surface area contributed by atoms with Gasteiger partial charge >= 0.3 is 5.97 Å². The SMILES string of the molecule is NC(=O)[C@@H](CC(=O)OCc1ccccc1)NC(=O)c1cccc(Br)c1. The van der Waals surface area contributed by atoms with Crippen molar-refractivity contribution in [1.29, 1.82) is 0 Å². The molecule has 2 amide bonds. The third-order valence-electron chi connectivity index (χ3n) is 3.35. The lowest BCUT2D eigenvalue weighted by Gasteiger charge is -2.15. The van der Waals surface area contributed by atoms with Crippen LogP contribution in [0.3, 0.4) is 0 Å². The van der Waals surface area contributed by atoms with E-state index in [9.17, 15) is 14.4 Å². The predicted octanol–water partition coefficient (Wildman–Crippen LogP) is 2.17. The number of rotatable bonds is 7. The van der Waals surface area contributed by atoms with Gasteiger partial charge < -0.3 is 15.8 Å². The van der Waals surface area contributed by atoms with Gasteiger partial charge in [0.05, 0.1) is 6.42 Å². The summed E-state index contributed by atoms with van der Waals surface area (Å²) in [6.45, 7) is 0.0880. The summed E-state index contributed by atoms with van der Waals surface area (Å²) < 4.78 is 5.83. The van der Waals surface area contributed by atoms with Gasteiger partial charge in [-0.1, -0.05) is 52.3 Å². The normalized spacial score (nSPS) is 11.4. The fourth-order valence-corrected chi connectivity index (χ4v) is 2.46. The zero-order valence-corrected chi connectivity index (χ0v) is 14.9. The first-order valence-corrected chi connectivity index (χ1v) is 8.30. The van der Waals surface area contributed by atoms with Gasteiger partial charge in [-0.25, -0.2) is 0 Å². The maximum Gasteiger partial charge on any atom is 0.308 e. The lowest BCUT2D eigenvalue weighted by molar-refractivity contribution is -0.146. The van der Waals surface area contributed by atoms with E-state index >= 15 is 0 Å². The quantitative estimate of drug-likeness (QED) is 0.690. The van der Waals surface area contributed by atoms with Gasteiger partial charge in [0.15, 0.2) is 0 Å². The molecule has 0 aliphatic carbocycles. The Kier molecular flexibility index (Phi) is 6.71. The van der Waals surface area contributed by atoms with E-state index in [4.69, 9.17) is 10.5 Å². The van der Waals surface area contributed by atoms with Crippen LogP contribution in [0.1, 0.15) is 22.3 Å². The number of ether oxygens (including phenoxy) is 1. The van der Waals surface area contributed by atoms with E-state index < -0.39 is 23.8 Å². The van der Waals surface area contributed by atoms with Crippen LogP contribution >= 0.6 is 15.9 Å². The molecular formula is C18H17BrN2O4. The highest BCUT2D eigenvalue weighted by molar-refractivity contribution is 9.10. The summed E-state index contributed by atoms with van der Waals surface area (Å²) in [5.74, 6) is -1.93.